The topological polar surface area (TPSA) is 112 Å². The minimum Gasteiger partial charge on any atom is -0.465 e. The van der Waals surface area contributed by atoms with Gasteiger partial charge in [0.15, 0.2) is 11.6 Å². The van der Waals surface area contributed by atoms with Gasteiger partial charge in [-0.15, -0.1) is 5.10 Å². The van der Waals surface area contributed by atoms with Crippen molar-refractivity contribution >= 4 is 23.7 Å². The largest absolute Gasteiger partial charge is 0.465 e. The number of nitrogens with one attached hydrogen (secondary N) is 1. The van der Waals surface area contributed by atoms with E-state index in [0.717, 1.165) is 36.9 Å². The fourth-order valence-corrected chi connectivity index (χ4v) is 4.93. The third kappa shape index (κ3) is 6.78. The summed E-state index contributed by atoms with van der Waals surface area (Å²) in [6, 6.07) is 9.70. The highest BCUT2D eigenvalue weighted by atomic mass is 19.2. The van der Waals surface area contributed by atoms with Crippen molar-refractivity contribution in [2.45, 2.75) is 52.5 Å². The monoisotopic (exact) mass is 541 g/mol. The second-order valence-electron chi connectivity index (χ2n) is 10.7. The Bertz CT molecular complexity index is 1300. The normalized spacial score (nSPS) is 15.1. The van der Waals surface area contributed by atoms with Crippen molar-refractivity contribution < 1.29 is 27.9 Å². The Morgan fingerprint density at radius 3 is 2.41 bits per heavy atom. The minimum atomic E-state index is -1.22. The Morgan fingerprint density at radius 2 is 1.77 bits per heavy atom. The molecule has 1 aromatic heterocycles. The number of amides is 2. The van der Waals surface area contributed by atoms with E-state index in [1.807, 2.05) is 0 Å². The number of carbonyl (C=O) groups is 2. The van der Waals surface area contributed by atoms with Crippen LogP contribution in [0.15, 0.2) is 46.9 Å². The van der Waals surface area contributed by atoms with Crippen LogP contribution in [0, 0.1) is 17.0 Å². The van der Waals surface area contributed by atoms with Crippen LogP contribution in [-0.2, 0) is 0 Å². The molecule has 1 fully saturated rings. The van der Waals surface area contributed by atoms with Gasteiger partial charge in [0.2, 0.25) is 5.89 Å². The van der Waals surface area contributed by atoms with Crippen LogP contribution in [0.1, 0.15) is 56.8 Å². The van der Waals surface area contributed by atoms with Gasteiger partial charge in [-0.3, -0.25) is 9.69 Å². The number of aromatic nitrogens is 2. The van der Waals surface area contributed by atoms with E-state index in [0.29, 0.717) is 17.7 Å². The summed E-state index contributed by atoms with van der Waals surface area (Å²) in [4.78, 5) is 27.9. The van der Waals surface area contributed by atoms with Crippen molar-refractivity contribution in [1.29, 1.82) is 0 Å². The number of hydrogen-bond donors (Lipinski definition) is 2. The molecule has 11 heteroatoms. The number of carboxylic acid groups (broad SMARTS) is 1. The van der Waals surface area contributed by atoms with Gasteiger partial charge in [0.25, 0.3) is 5.91 Å². The Balaban J connectivity index is 1.44. The quantitative estimate of drug-likeness (QED) is 0.357. The average molecular weight is 542 g/mol. The molecule has 3 aromatic rings. The molecule has 1 aliphatic heterocycles. The summed E-state index contributed by atoms with van der Waals surface area (Å²) >= 11 is 0. The van der Waals surface area contributed by atoms with E-state index in [1.165, 1.54) is 30.7 Å². The van der Waals surface area contributed by atoms with Crippen molar-refractivity contribution in [2.24, 2.45) is 5.41 Å². The molecule has 2 aromatic carbocycles. The Labute approximate surface area is 225 Å². The molecule has 1 unspecified atom stereocenters. The number of piperidine rings is 1. The van der Waals surface area contributed by atoms with E-state index < -0.39 is 29.2 Å². The Morgan fingerprint density at radius 1 is 1.08 bits per heavy atom. The Kier molecular flexibility index (Phi) is 8.59. The molecule has 0 radical (unpaired) electrons. The second-order valence-corrected chi connectivity index (χ2v) is 10.7. The molecule has 1 saturated heterocycles. The summed E-state index contributed by atoms with van der Waals surface area (Å²) in [5.41, 5.74) is 0.391. The molecule has 0 spiro atoms. The maximum absolute atomic E-state index is 13.9. The van der Waals surface area contributed by atoms with Gasteiger partial charge in [0, 0.05) is 23.8 Å². The van der Waals surface area contributed by atoms with Crippen LogP contribution in [0.5, 0.6) is 0 Å². The van der Waals surface area contributed by atoms with Crippen LogP contribution in [0.25, 0.3) is 11.5 Å². The number of rotatable bonds is 8. The van der Waals surface area contributed by atoms with E-state index in [9.17, 15) is 23.5 Å². The zero-order chi connectivity index (χ0) is 28.2. The van der Waals surface area contributed by atoms with Crippen LogP contribution in [-0.4, -0.2) is 57.9 Å². The predicted molar refractivity (Wildman–Crippen MR) is 143 cm³/mol. The first-order chi connectivity index (χ1) is 18.5. The van der Waals surface area contributed by atoms with E-state index in [1.54, 1.807) is 12.1 Å². The number of carbonyl (C=O) groups excluding carboxylic acids is 1. The summed E-state index contributed by atoms with van der Waals surface area (Å²) in [6.45, 7) is 8.73. The molecule has 39 heavy (non-hydrogen) atoms. The van der Waals surface area contributed by atoms with Gasteiger partial charge in [-0.2, -0.15) is 0 Å². The van der Waals surface area contributed by atoms with Crippen LogP contribution in [0.3, 0.4) is 0 Å². The molecule has 2 N–H and O–H groups in total. The number of anilines is 2. The van der Waals surface area contributed by atoms with Crippen molar-refractivity contribution in [3.8, 4) is 11.5 Å². The van der Waals surface area contributed by atoms with Crippen molar-refractivity contribution in [1.82, 2.24) is 15.1 Å². The zero-order valence-corrected chi connectivity index (χ0v) is 22.3. The maximum atomic E-state index is 13.9. The van der Waals surface area contributed by atoms with E-state index in [4.69, 9.17) is 4.42 Å². The van der Waals surface area contributed by atoms with Crippen LogP contribution < -0.4 is 10.2 Å². The molecule has 1 aliphatic rings. The highest BCUT2D eigenvalue weighted by Crippen LogP contribution is 2.31. The summed E-state index contributed by atoms with van der Waals surface area (Å²) in [6.07, 6.45) is 2.95. The minimum absolute atomic E-state index is 0.0286. The molecule has 4 rings (SSSR count). The second kappa shape index (κ2) is 11.9. The summed E-state index contributed by atoms with van der Waals surface area (Å²) in [5.74, 6) is -3.03. The van der Waals surface area contributed by atoms with Gasteiger partial charge in [-0.25, -0.2) is 18.5 Å². The number of nitrogens with zero attached hydrogens (tertiary/aromatic N) is 4. The molecule has 0 bridgehead atoms. The number of likely N-dealkylation sites (tertiary alicyclic amines) is 1. The summed E-state index contributed by atoms with van der Waals surface area (Å²) in [7, 11) is 0. The third-order valence-corrected chi connectivity index (χ3v) is 6.92. The van der Waals surface area contributed by atoms with Crippen LogP contribution in [0.2, 0.25) is 0 Å². The maximum Gasteiger partial charge on any atom is 0.415 e. The van der Waals surface area contributed by atoms with E-state index in [-0.39, 0.29) is 29.9 Å². The standard InChI is InChI=1S/C28H33F2N5O4/c1-28(2,3)22(34-15-5-4-6-16-34)14-17-35(27(37)38)26-33-32-25(39-26)18-10-12-19(13-11-18)31-24(36)20-8-7-9-21(29)23(20)30/h7-13,22H,4-6,14-17H2,1-3H3,(H,31,36)(H,37,38). The zero-order valence-electron chi connectivity index (χ0n) is 22.3. The molecular formula is C28H33F2N5O4. The average Bonchev–Trinajstić information content (AvgIpc) is 3.38. The van der Waals surface area contributed by atoms with Crippen LogP contribution in [0.4, 0.5) is 25.3 Å². The number of halogens is 2. The Hall–Kier alpha value is -3.86. The van der Waals surface area contributed by atoms with Gasteiger partial charge < -0.3 is 14.8 Å². The molecule has 2 amide bonds. The van der Waals surface area contributed by atoms with Gasteiger partial charge in [0.1, 0.15) is 0 Å². The highest BCUT2D eigenvalue weighted by Gasteiger charge is 2.33. The van der Waals surface area contributed by atoms with Gasteiger partial charge in [-0.05, 0) is 74.2 Å². The summed E-state index contributed by atoms with van der Waals surface area (Å²) in [5, 5.41) is 20.4. The molecule has 1 atom stereocenters. The SMILES string of the molecule is CC(C)(C)C(CCN(C(=O)O)c1nnc(-c2ccc(NC(=O)c3cccc(F)c3F)cc2)o1)N1CCCCC1. The molecule has 0 saturated carbocycles. The van der Waals surface area contributed by atoms with Crippen molar-refractivity contribution in [3.63, 3.8) is 0 Å². The van der Waals surface area contributed by atoms with Crippen molar-refractivity contribution in [3.05, 3.63) is 59.7 Å². The number of hydrogen-bond acceptors (Lipinski definition) is 6. The lowest BCUT2D eigenvalue weighted by Gasteiger charge is -2.42. The summed E-state index contributed by atoms with van der Waals surface area (Å²) < 4.78 is 33.0. The lowest BCUT2D eigenvalue weighted by Crippen LogP contribution is -2.48. The van der Waals surface area contributed by atoms with Gasteiger partial charge in [0.05, 0.1) is 5.56 Å². The van der Waals surface area contributed by atoms with Crippen LogP contribution >= 0.6 is 0 Å². The first-order valence-corrected chi connectivity index (χ1v) is 13.0. The lowest BCUT2D eigenvalue weighted by molar-refractivity contribution is 0.0746. The molecule has 2 heterocycles. The van der Waals surface area contributed by atoms with Gasteiger partial charge in [-0.1, -0.05) is 38.4 Å². The molecule has 208 valence electrons. The first-order valence-electron chi connectivity index (χ1n) is 13.0. The van der Waals surface area contributed by atoms with Gasteiger partial charge >= 0.3 is 12.1 Å². The predicted octanol–water partition coefficient (Wildman–Crippen LogP) is 6.04. The fraction of sp³-hybridized carbons (Fsp3) is 0.429. The third-order valence-electron chi connectivity index (χ3n) is 6.92. The molecule has 9 nitrogen and oxygen atoms in total. The van der Waals surface area contributed by atoms with E-state index >= 15 is 0 Å². The molecule has 0 aliphatic carbocycles. The highest BCUT2D eigenvalue weighted by molar-refractivity contribution is 6.04. The lowest BCUT2D eigenvalue weighted by atomic mass is 9.82. The smallest absolute Gasteiger partial charge is 0.415 e. The fourth-order valence-electron chi connectivity index (χ4n) is 4.93. The number of benzene rings is 2. The first kappa shape index (κ1) is 28.2. The van der Waals surface area contributed by atoms with Crippen molar-refractivity contribution in [2.75, 3.05) is 29.9 Å². The van der Waals surface area contributed by atoms with E-state index in [2.05, 4.69) is 41.2 Å². The molecular weight excluding hydrogens is 508 g/mol.